The van der Waals surface area contributed by atoms with E-state index < -0.39 is 0 Å². The normalized spacial score (nSPS) is 9.33. The van der Waals surface area contributed by atoms with E-state index in [1.807, 2.05) is 16.8 Å². The van der Waals surface area contributed by atoms with Crippen molar-refractivity contribution in [2.75, 3.05) is 5.84 Å². The van der Waals surface area contributed by atoms with Gasteiger partial charge in [0.2, 0.25) is 0 Å². The second-order valence-corrected chi connectivity index (χ2v) is 1.85. The molecule has 0 fully saturated rings. The first kappa shape index (κ1) is 5.88. The summed E-state index contributed by atoms with van der Waals surface area (Å²) in [5, 5.41) is 0. The highest BCUT2D eigenvalue weighted by Crippen LogP contribution is 1.73. The molecule has 0 aliphatic rings. The van der Waals surface area contributed by atoms with Crippen LogP contribution in [0.2, 0.25) is 0 Å². The number of rotatable bonds is 2. The molecule has 0 radical (unpaired) electrons. The van der Waals surface area contributed by atoms with Crippen LogP contribution in [0, 0.1) is 0 Å². The molecule has 0 bridgehead atoms. The minimum Gasteiger partial charge on any atom is -0.269 e. The molecular weight excluding hydrogens is 114 g/mol. The molecule has 3 heteroatoms. The first-order valence-corrected chi connectivity index (χ1v) is 2.76. The zero-order chi connectivity index (χ0) is 6.69. The standard InChI is InChI=1S/C6H10N3/c1-2-3-8-4-5-9(7)6-8/h2,4-6H,1,3,7H2/q+1. The van der Waals surface area contributed by atoms with Gasteiger partial charge < -0.3 is 0 Å². The number of aromatic nitrogens is 2. The third-order valence-electron chi connectivity index (χ3n) is 1.05. The van der Waals surface area contributed by atoms with Gasteiger partial charge in [0.25, 0.3) is 6.33 Å². The molecule has 0 atom stereocenters. The summed E-state index contributed by atoms with van der Waals surface area (Å²) in [4.78, 5) is 0. The van der Waals surface area contributed by atoms with E-state index in [1.165, 1.54) is 4.68 Å². The Bertz CT molecular complexity index is 202. The number of allylic oxidation sites excluding steroid dienone is 1. The third-order valence-corrected chi connectivity index (χ3v) is 1.05. The molecule has 1 aromatic heterocycles. The van der Waals surface area contributed by atoms with Gasteiger partial charge >= 0.3 is 0 Å². The lowest BCUT2D eigenvalue weighted by Gasteiger charge is -1.82. The van der Waals surface area contributed by atoms with E-state index in [2.05, 4.69) is 6.58 Å². The molecule has 1 aromatic rings. The maximum absolute atomic E-state index is 5.37. The largest absolute Gasteiger partial charge is 0.269 e. The quantitative estimate of drug-likeness (QED) is 0.327. The minimum absolute atomic E-state index is 0.810. The van der Waals surface area contributed by atoms with Gasteiger partial charge in [-0.15, -0.1) is 4.68 Å². The summed E-state index contributed by atoms with van der Waals surface area (Å²) < 4.78 is 3.44. The Morgan fingerprint density at radius 3 is 3.00 bits per heavy atom. The Kier molecular flexibility index (Phi) is 1.53. The third kappa shape index (κ3) is 1.32. The number of nitrogen functional groups attached to an aromatic ring is 1. The van der Waals surface area contributed by atoms with Crippen molar-refractivity contribution in [3.8, 4) is 0 Å². The number of hydrogen-bond acceptors (Lipinski definition) is 1. The second kappa shape index (κ2) is 2.35. The Balaban J connectivity index is 2.72. The van der Waals surface area contributed by atoms with Gasteiger partial charge in [-0.1, -0.05) is 12.7 Å². The molecule has 0 aliphatic carbocycles. The van der Waals surface area contributed by atoms with E-state index in [-0.39, 0.29) is 0 Å². The number of imidazole rings is 1. The summed E-state index contributed by atoms with van der Waals surface area (Å²) >= 11 is 0. The van der Waals surface area contributed by atoms with Crippen LogP contribution in [0.25, 0.3) is 0 Å². The van der Waals surface area contributed by atoms with Crippen molar-refractivity contribution < 1.29 is 4.57 Å². The summed E-state index contributed by atoms with van der Waals surface area (Å²) in [6.07, 6.45) is 7.28. The van der Waals surface area contributed by atoms with Crippen LogP contribution in [0.4, 0.5) is 0 Å². The zero-order valence-electron chi connectivity index (χ0n) is 5.20. The topological polar surface area (TPSA) is 34.8 Å². The molecule has 0 aromatic carbocycles. The average Bonchev–Trinajstić information content (AvgIpc) is 2.17. The van der Waals surface area contributed by atoms with Gasteiger partial charge in [-0.2, -0.15) is 0 Å². The maximum Gasteiger partial charge on any atom is 0.267 e. The molecule has 0 amide bonds. The van der Waals surface area contributed by atoms with Crippen molar-refractivity contribution in [2.24, 2.45) is 0 Å². The first-order valence-electron chi connectivity index (χ1n) is 2.76. The molecule has 0 saturated heterocycles. The lowest BCUT2D eigenvalue weighted by molar-refractivity contribution is -0.686. The summed E-state index contributed by atoms with van der Waals surface area (Å²) in [5.74, 6) is 5.37. The van der Waals surface area contributed by atoms with Crippen molar-refractivity contribution >= 4 is 0 Å². The molecule has 0 spiro atoms. The fourth-order valence-electron chi connectivity index (χ4n) is 0.668. The predicted octanol–water partition coefficient (Wildman–Crippen LogP) is -0.325. The fourth-order valence-corrected chi connectivity index (χ4v) is 0.668. The van der Waals surface area contributed by atoms with E-state index in [4.69, 9.17) is 5.84 Å². The lowest BCUT2D eigenvalue weighted by atomic mass is 10.6. The highest BCUT2D eigenvalue weighted by molar-refractivity contribution is 4.66. The van der Waals surface area contributed by atoms with E-state index in [0.717, 1.165) is 6.54 Å². The van der Waals surface area contributed by atoms with Crippen molar-refractivity contribution in [3.05, 3.63) is 31.4 Å². The van der Waals surface area contributed by atoms with E-state index in [1.54, 1.807) is 12.5 Å². The van der Waals surface area contributed by atoms with Gasteiger partial charge in [0.05, 0.1) is 0 Å². The maximum atomic E-state index is 5.37. The molecule has 1 heterocycles. The van der Waals surface area contributed by atoms with Gasteiger partial charge in [-0.25, -0.2) is 4.57 Å². The van der Waals surface area contributed by atoms with Crippen LogP contribution in [0.5, 0.6) is 0 Å². The number of nitrogens with two attached hydrogens (primary N) is 1. The van der Waals surface area contributed by atoms with Crippen LogP contribution in [-0.2, 0) is 6.54 Å². The van der Waals surface area contributed by atoms with Crippen LogP contribution >= 0.6 is 0 Å². The zero-order valence-corrected chi connectivity index (χ0v) is 5.20. The van der Waals surface area contributed by atoms with Gasteiger partial charge in [-0.05, 0) is 0 Å². The number of hydrogen-bond donors (Lipinski definition) is 1. The predicted molar refractivity (Wildman–Crippen MR) is 35.0 cm³/mol. The molecule has 0 aliphatic heterocycles. The Morgan fingerprint density at radius 1 is 1.78 bits per heavy atom. The molecule has 9 heavy (non-hydrogen) atoms. The van der Waals surface area contributed by atoms with Crippen molar-refractivity contribution in [3.63, 3.8) is 0 Å². The molecule has 1 rings (SSSR count). The summed E-state index contributed by atoms with van der Waals surface area (Å²) in [5.41, 5.74) is 0. The van der Waals surface area contributed by atoms with Crippen LogP contribution in [0.1, 0.15) is 0 Å². The summed E-state index contributed by atoms with van der Waals surface area (Å²) in [7, 11) is 0. The molecule has 48 valence electrons. The molecule has 3 nitrogen and oxygen atoms in total. The van der Waals surface area contributed by atoms with Gasteiger partial charge in [0.15, 0.2) is 6.20 Å². The van der Waals surface area contributed by atoms with Crippen molar-refractivity contribution in [2.45, 2.75) is 6.54 Å². The summed E-state index contributed by atoms with van der Waals surface area (Å²) in [6, 6.07) is 0. The highest BCUT2D eigenvalue weighted by Gasteiger charge is 1.94. The molecular formula is C6H10N3+. The Morgan fingerprint density at radius 2 is 2.56 bits per heavy atom. The van der Waals surface area contributed by atoms with Crippen LogP contribution < -0.4 is 10.4 Å². The minimum atomic E-state index is 0.810. The van der Waals surface area contributed by atoms with E-state index in [0.29, 0.717) is 0 Å². The van der Waals surface area contributed by atoms with E-state index in [9.17, 15) is 0 Å². The van der Waals surface area contributed by atoms with E-state index >= 15 is 0 Å². The molecule has 0 unspecified atom stereocenters. The monoisotopic (exact) mass is 124 g/mol. The Hall–Kier alpha value is -1.25. The molecule has 2 N–H and O–H groups in total. The van der Waals surface area contributed by atoms with Crippen LogP contribution in [-0.4, -0.2) is 4.68 Å². The molecule has 0 saturated carbocycles. The van der Waals surface area contributed by atoms with Gasteiger partial charge in [-0.3, -0.25) is 5.84 Å². The lowest BCUT2D eigenvalue weighted by Crippen LogP contribution is -2.30. The van der Waals surface area contributed by atoms with Crippen molar-refractivity contribution in [1.82, 2.24) is 4.68 Å². The van der Waals surface area contributed by atoms with Crippen LogP contribution in [0.3, 0.4) is 0 Å². The fraction of sp³-hybridized carbons (Fsp3) is 0.167. The van der Waals surface area contributed by atoms with Crippen LogP contribution in [0.15, 0.2) is 31.4 Å². The Labute approximate surface area is 54.0 Å². The van der Waals surface area contributed by atoms with Crippen molar-refractivity contribution in [1.29, 1.82) is 0 Å². The smallest absolute Gasteiger partial charge is 0.267 e. The number of nitrogens with zero attached hydrogens (tertiary/aromatic N) is 2. The second-order valence-electron chi connectivity index (χ2n) is 1.85. The van der Waals surface area contributed by atoms with Gasteiger partial charge in [0, 0.05) is 0 Å². The highest BCUT2D eigenvalue weighted by atomic mass is 15.3. The summed E-state index contributed by atoms with van der Waals surface area (Å²) in [6.45, 7) is 4.40. The average molecular weight is 124 g/mol. The van der Waals surface area contributed by atoms with Gasteiger partial charge in [0.1, 0.15) is 12.7 Å². The first-order chi connectivity index (χ1) is 4.33. The SMILES string of the molecule is C=CC[n+]1ccn(N)c1.